The summed E-state index contributed by atoms with van der Waals surface area (Å²) in [5.74, 6) is 1.02. The normalized spacial score (nSPS) is 17.5. The monoisotopic (exact) mass is 582 g/mol. The zero-order valence-corrected chi connectivity index (χ0v) is 25.8. The van der Waals surface area contributed by atoms with Gasteiger partial charge >= 0.3 is 0 Å². The fourth-order valence-electron chi connectivity index (χ4n) is 7.95. The number of fused-ring (bicyclic) bond motifs is 10. The lowest BCUT2D eigenvalue weighted by atomic mass is 9.66. The topological polar surface area (TPSA) is 9.23 Å². The number of rotatable bonds is 4. The molecule has 1 fully saturated rings. The van der Waals surface area contributed by atoms with Gasteiger partial charge in [-0.3, -0.25) is 0 Å². The van der Waals surface area contributed by atoms with Gasteiger partial charge in [0.05, 0.1) is 0 Å². The summed E-state index contributed by atoms with van der Waals surface area (Å²) in [6.07, 6.45) is 15.3. The van der Waals surface area contributed by atoms with Crippen molar-refractivity contribution < 1.29 is 4.74 Å². The van der Waals surface area contributed by atoms with Crippen molar-refractivity contribution in [2.45, 2.75) is 52.9 Å². The van der Waals surface area contributed by atoms with Gasteiger partial charge in [-0.1, -0.05) is 98.1 Å². The van der Waals surface area contributed by atoms with Gasteiger partial charge in [0.25, 0.3) is 0 Å². The Morgan fingerprint density at radius 1 is 0.643 bits per heavy atom. The van der Waals surface area contributed by atoms with Gasteiger partial charge in [-0.25, -0.2) is 0 Å². The maximum atomic E-state index is 7.51. The van der Waals surface area contributed by atoms with Crippen molar-refractivity contribution in [3.63, 3.8) is 0 Å². The maximum absolute atomic E-state index is 7.51. The van der Waals surface area contributed by atoms with Crippen LogP contribution in [0.5, 0.6) is 5.75 Å². The highest BCUT2D eigenvalue weighted by molar-refractivity contribution is 7.98. The average molecular weight is 583 g/mol. The minimum absolute atomic E-state index is 0.0476. The Morgan fingerprint density at radius 2 is 1.24 bits per heavy atom. The zero-order chi connectivity index (χ0) is 28.3. The molecule has 0 saturated heterocycles. The van der Waals surface area contributed by atoms with E-state index in [1.54, 1.807) is 23.5 Å². The van der Waals surface area contributed by atoms with Gasteiger partial charge in [0.1, 0.15) is 5.75 Å². The number of thioether (sulfide) groups is 2. The lowest BCUT2D eigenvalue weighted by Gasteiger charge is -2.41. The number of benzene rings is 5. The Hall–Kier alpha value is -3.40. The molecule has 0 amide bonds. The second-order valence-electron chi connectivity index (χ2n) is 11.9. The van der Waals surface area contributed by atoms with E-state index in [4.69, 9.17) is 4.74 Å². The molecule has 0 atom stereocenters. The van der Waals surface area contributed by atoms with Crippen LogP contribution in [0.2, 0.25) is 0 Å². The molecule has 0 aromatic heterocycles. The Kier molecular flexibility index (Phi) is 6.31. The zero-order valence-electron chi connectivity index (χ0n) is 24.2. The molecule has 5 aromatic rings. The van der Waals surface area contributed by atoms with Gasteiger partial charge in [0.15, 0.2) is 5.60 Å². The molecule has 8 rings (SSSR count). The van der Waals surface area contributed by atoms with E-state index in [2.05, 4.69) is 122 Å². The Morgan fingerprint density at radius 3 is 1.88 bits per heavy atom. The molecule has 208 valence electrons. The first-order chi connectivity index (χ1) is 20.7. The molecule has 1 nitrogen and oxygen atoms in total. The van der Waals surface area contributed by atoms with Crippen molar-refractivity contribution in [3.8, 4) is 16.9 Å². The van der Waals surface area contributed by atoms with Crippen LogP contribution >= 0.6 is 23.5 Å². The van der Waals surface area contributed by atoms with E-state index < -0.39 is 5.60 Å². The molecule has 1 heterocycles. The largest absolute Gasteiger partial charge is 0.472 e. The van der Waals surface area contributed by atoms with Crippen LogP contribution in [0.4, 0.5) is 0 Å². The average Bonchev–Trinajstić information content (AvgIpc) is 3.34. The maximum Gasteiger partial charge on any atom is 0.178 e. The first kappa shape index (κ1) is 26.2. The van der Waals surface area contributed by atoms with Gasteiger partial charge in [0.2, 0.25) is 0 Å². The Labute approximate surface area is 257 Å². The highest BCUT2D eigenvalue weighted by Gasteiger charge is 2.48. The second-order valence-corrected chi connectivity index (χ2v) is 13.6. The Bertz CT molecular complexity index is 1800. The van der Waals surface area contributed by atoms with Crippen molar-refractivity contribution >= 4 is 40.4 Å². The molecule has 3 heteroatoms. The van der Waals surface area contributed by atoms with Crippen LogP contribution in [0, 0.1) is 0 Å². The van der Waals surface area contributed by atoms with Gasteiger partial charge < -0.3 is 4.74 Å². The van der Waals surface area contributed by atoms with Crippen molar-refractivity contribution in [1.82, 2.24) is 0 Å². The molecule has 0 bridgehead atoms. The third-order valence-electron chi connectivity index (χ3n) is 9.89. The highest BCUT2D eigenvalue weighted by atomic mass is 32.2. The first-order valence-electron chi connectivity index (χ1n) is 15.0. The molecule has 1 saturated carbocycles. The summed E-state index contributed by atoms with van der Waals surface area (Å²) in [7, 11) is 0. The molecule has 0 radical (unpaired) electrons. The van der Waals surface area contributed by atoms with E-state index in [1.807, 2.05) is 0 Å². The summed E-state index contributed by atoms with van der Waals surface area (Å²) in [6.45, 7) is 0. The third-order valence-corrected chi connectivity index (χ3v) is 11.4. The van der Waals surface area contributed by atoms with Gasteiger partial charge in [-0.05, 0) is 83.3 Å². The summed E-state index contributed by atoms with van der Waals surface area (Å²) < 4.78 is 7.51. The van der Waals surface area contributed by atoms with E-state index in [1.165, 1.54) is 80.5 Å². The predicted octanol–water partition coefficient (Wildman–Crippen LogP) is 10.9. The lowest BCUT2D eigenvalue weighted by Crippen LogP contribution is -2.35. The summed E-state index contributed by atoms with van der Waals surface area (Å²) in [6, 6.07) is 36.0. The van der Waals surface area contributed by atoms with Crippen LogP contribution in [0.3, 0.4) is 0 Å². The molecule has 42 heavy (non-hydrogen) atoms. The molecular formula is C39H34OS2. The van der Waals surface area contributed by atoms with Crippen molar-refractivity contribution in [3.05, 3.63) is 131 Å². The lowest BCUT2D eigenvalue weighted by molar-refractivity contribution is 0.163. The van der Waals surface area contributed by atoms with Crippen LogP contribution in [0.1, 0.15) is 59.9 Å². The van der Waals surface area contributed by atoms with E-state index in [0.29, 0.717) is 0 Å². The van der Waals surface area contributed by atoms with Crippen LogP contribution in [-0.2, 0) is 11.0 Å². The molecule has 0 N–H and O–H groups in total. The number of hydrogen-bond donors (Lipinski definition) is 0. The Balaban J connectivity index is 1.42. The van der Waals surface area contributed by atoms with Crippen LogP contribution in [0.15, 0.2) is 113 Å². The predicted molar refractivity (Wildman–Crippen MR) is 180 cm³/mol. The summed E-state index contributed by atoms with van der Waals surface area (Å²) >= 11 is 3.54. The van der Waals surface area contributed by atoms with Crippen molar-refractivity contribution in [2.75, 3.05) is 12.5 Å². The van der Waals surface area contributed by atoms with Crippen LogP contribution in [-0.4, -0.2) is 12.5 Å². The first-order valence-corrected chi connectivity index (χ1v) is 17.5. The summed E-state index contributed by atoms with van der Waals surface area (Å²) in [5, 5.41) is 2.50. The molecule has 1 spiro atoms. The van der Waals surface area contributed by atoms with Crippen molar-refractivity contribution in [2.24, 2.45) is 0 Å². The third kappa shape index (κ3) is 3.72. The van der Waals surface area contributed by atoms with Gasteiger partial charge in [-0.15, -0.1) is 23.5 Å². The van der Waals surface area contributed by atoms with Crippen molar-refractivity contribution in [1.29, 1.82) is 0 Å². The number of hydrogen-bond acceptors (Lipinski definition) is 3. The fourth-order valence-corrected chi connectivity index (χ4v) is 8.77. The molecule has 5 aromatic carbocycles. The van der Waals surface area contributed by atoms with Gasteiger partial charge in [-0.2, -0.15) is 0 Å². The standard InChI is InChI=1S/C39H34OS2/c1-41-28-18-14-26(15-19-28)39(27-16-20-29(42-2)21-17-27)25-22-33-36-35(30-10-4-5-11-31(30)37(33)40-39)32-12-6-7-13-34(32)38(36)23-8-3-9-24-38/h4-7,10-22,25H,3,8-9,23-24H2,1-2H3. The van der Waals surface area contributed by atoms with E-state index in [0.717, 1.165) is 16.9 Å². The SMILES string of the molecule is CSc1ccc(C2(c3ccc(SC)cc3)C=Cc3c4c(c5ccccc5c3O2)-c2ccccc2C42CCCCC2)cc1. The summed E-state index contributed by atoms with van der Waals surface area (Å²) in [5.41, 5.74) is 8.77. The minimum atomic E-state index is -0.719. The van der Waals surface area contributed by atoms with E-state index in [-0.39, 0.29) is 5.41 Å². The van der Waals surface area contributed by atoms with E-state index in [9.17, 15) is 0 Å². The second kappa shape index (κ2) is 10.1. The number of ether oxygens (including phenoxy) is 1. The fraction of sp³-hybridized carbons (Fsp3) is 0.231. The quantitative estimate of drug-likeness (QED) is 0.195. The smallest absolute Gasteiger partial charge is 0.178 e. The van der Waals surface area contributed by atoms with Crippen LogP contribution in [0.25, 0.3) is 28.0 Å². The highest BCUT2D eigenvalue weighted by Crippen LogP contribution is 2.62. The van der Waals surface area contributed by atoms with E-state index >= 15 is 0 Å². The molecule has 3 aliphatic rings. The van der Waals surface area contributed by atoms with Gasteiger partial charge in [0, 0.05) is 37.3 Å². The molecular weight excluding hydrogens is 549 g/mol. The molecule has 1 aliphatic heterocycles. The summed E-state index contributed by atoms with van der Waals surface area (Å²) in [4.78, 5) is 2.51. The molecule has 2 aliphatic carbocycles. The van der Waals surface area contributed by atoms with Crippen LogP contribution < -0.4 is 4.74 Å². The molecule has 0 unspecified atom stereocenters. The minimum Gasteiger partial charge on any atom is -0.472 e.